The lowest BCUT2D eigenvalue weighted by Gasteiger charge is -2.08. The highest BCUT2D eigenvalue weighted by molar-refractivity contribution is 5.98. The fourth-order valence-corrected chi connectivity index (χ4v) is 0.882. The van der Waals surface area contributed by atoms with Gasteiger partial charge in [0.25, 0.3) is 0 Å². The minimum atomic E-state index is -1.12. The number of carboxylic acids is 1. The van der Waals surface area contributed by atoms with E-state index in [2.05, 4.69) is 0 Å². The highest BCUT2D eigenvalue weighted by Gasteiger charge is 2.29. The van der Waals surface area contributed by atoms with Crippen LogP contribution in [0.5, 0.6) is 0 Å². The predicted octanol–water partition coefficient (Wildman–Crippen LogP) is -0.897. The van der Waals surface area contributed by atoms with Crippen LogP contribution in [0.1, 0.15) is 6.42 Å². The fourth-order valence-electron chi connectivity index (χ4n) is 0.882. The molecule has 1 heterocycles. The number of carbonyl (C=O) groups is 2. The van der Waals surface area contributed by atoms with E-state index in [4.69, 9.17) is 10.8 Å². The number of nitrogens with zero attached hydrogens (tertiary/aromatic N) is 1. The number of hydrogen-bond acceptors (Lipinski definition) is 3. The Labute approximate surface area is 63.1 Å². The van der Waals surface area contributed by atoms with Crippen LogP contribution in [0.25, 0.3) is 0 Å². The van der Waals surface area contributed by atoms with Gasteiger partial charge in [0, 0.05) is 7.05 Å². The Morgan fingerprint density at radius 1 is 1.73 bits per heavy atom. The lowest BCUT2D eigenvalue weighted by Crippen LogP contribution is -2.24. The first-order chi connectivity index (χ1) is 5.04. The summed E-state index contributed by atoms with van der Waals surface area (Å²) in [7, 11) is 1.45. The van der Waals surface area contributed by atoms with Gasteiger partial charge in [0.05, 0.1) is 12.0 Å². The van der Waals surface area contributed by atoms with Crippen LogP contribution in [0, 0.1) is 0 Å². The normalized spacial score (nSPS) is 17.9. The van der Waals surface area contributed by atoms with Gasteiger partial charge in [-0.15, -0.1) is 0 Å². The van der Waals surface area contributed by atoms with Crippen molar-refractivity contribution >= 4 is 11.9 Å². The van der Waals surface area contributed by atoms with Crippen molar-refractivity contribution in [2.75, 3.05) is 7.05 Å². The van der Waals surface area contributed by atoms with Gasteiger partial charge in [-0.05, 0) is 0 Å². The monoisotopic (exact) mass is 156 g/mol. The van der Waals surface area contributed by atoms with Crippen molar-refractivity contribution in [2.24, 2.45) is 5.73 Å². The molecule has 0 atom stereocenters. The molecule has 5 heteroatoms. The highest BCUT2D eigenvalue weighted by atomic mass is 16.4. The quantitative estimate of drug-likeness (QED) is 0.515. The Bertz CT molecular complexity index is 257. The number of hydrogen-bond donors (Lipinski definition) is 2. The molecule has 0 aromatic heterocycles. The van der Waals surface area contributed by atoms with Crippen LogP contribution in [0.3, 0.4) is 0 Å². The standard InChI is InChI=1S/C6H8N2O3/c1-8-4(9)2-3(5(8)7)6(10)11/h2,7H2,1H3,(H,10,11). The Hall–Kier alpha value is -1.52. The molecule has 1 amide bonds. The number of amides is 1. The summed E-state index contributed by atoms with van der Waals surface area (Å²) in [6, 6.07) is 0. The van der Waals surface area contributed by atoms with Crippen molar-refractivity contribution in [1.82, 2.24) is 4.90 Å². The van der Waals surface area contributed by atoms with Gasteiger partial charge in [-0.1, -0.05) is 0 Å². The topological polar surface area (TPSA) is 83.6 Å². The van der Waals surface area contributed by atoms with Gasteiger partial charge < -0.3 is 15.7 Å². The third kappa shape index (κ3) is 1.04. The van der Waals surface area contributed by atoms with Crippen LogP contribution in [-0.2, 0) is 9.59 Å². The largest absolute Gasteiger partial charge is 0.478 e. The van der Waals surface area contributed by atoms with Gasteiger partial charge in [0.15, 0.2) is 0 Å². The second-order valence-electron chi connectivity index (χ2n) is 2.30. The van der Waals surface area contributed by atoms with E-state index in [1.807, 2.05) is 0 Å². The molecule has 0 bridgehead atoms. The molecule has 0 spiro atoms. The lowest BCUT2D eigenvalue weighted by atomic mass is 10.2. The minimum Gasteiger partial charge on any atom is -0.478 e. The summed E-state index contributed by atoms with van der Waals surface area (Å²) < 4.78 is 0. The van der Waals surface area contributed by atoms with Gasteiger partial charge >= 0.3 is 5.97 Å². The van der Waals surface area contributed by atoms with E-state index >= 15 is 0 Å². The first kappa shape index (κ1) is 7.59. The minimum absolute atomic E-state index is 0.0162. The summed E-state index contributed by atoms with van der Waals surface area (Å²) in [6.45, 7) is 0. The van der Waals surface area contributed by atoms with Crippen molar-refractivity contribution in [1.29, 1.82) is 0 Å². The molecular weight excluding hydrogens is 148 g/mol. The van der Waals surface area contributed by atoms with E-state index in [-0.39, 0.29) is 23.7 Å². The third-order valence-corrected chi connectivity index (χ3v) is 1.63. The molecule has 0 unspecified atom stereocenters. The van der Waals surface area contributed by atoms with E-state index in [0.717, 1.165) is 4.90 Å². The van der Waals surface area contributed by atoms with Gasteiger partial charge in [-0.3, -0.25) is 4.79 Å². The van der Waals surface area contributed by atoms with Gasteiger partial charge in [0.2, 0.25) is 5.91 Å². The summed E-state index contributed by atoms with van der Waals surface area (Å²) in [5, 5.41) is 8.50. The summed E-state index contributed by atoms with van der Waals surface area (Å²) in [5.41, 5.74) is 5.30. The molecular formula is C6H8N2O3. The average molecular weight is 156 g/mol. The molecule has 3 N–H and O–H groups in total. The molecule has 0 fully saturated rings. The van der Waals surface area contributed by atoms with Crippen molar-refractivity contribution in [3.63, 3.8) is 0 Å². The van der Waals surface area contributed by atoms with Crippen molar-refractivity contribution in [3.8, 4) is 0 Å². The van der Waals surface area contributed by atoms with Crippen LogP contribution < -0.4 is 5.73 Å². The molecule has 0 saturated carbocycles. The van der Waals surface area contributed by atoms with Crippen LogP contribution in [0.15, 0.2) is 11.4 Å². The first-order valence-corrected chi connectivity index (χ1v) is 3.02. The zero-order chi connectivity index (χ0) is 8.59. The number of rotatable bonds is 1. The van der Waals surface area contributed by atoms with Crippen molar-refractivity contribution in [2.45, 2.75) is 6.42 Å². The SMILES string of the molecule is CN1C(=O)CC(C(=O)O)=C1N. The van der Waals surface area contributed by atoms with E-state index in [0.29, 0.717) is 0 Å². The van der Waals surface area contributed by atoms with Crippen molar-refractivity contribution in [3.05, 3.63) is 11.4 Å². The second kappa shape index (κ2) is 2.26. The van der Waals surface area contributed by atoms with Crippen LogP contribution >= 0.6 is 0 Å². The maximum Gasteiger partial charge on any atom is 0.335 e. The maximum absolute atomic E-state index is 10.8. The van der Waals surface area contributed by atoms with E-state index in [1.165, 1.54) is 7.05 Å². The van der Waals surface area contributed by atoms with Crippen LogP contribution in [0.4, 0.5) is 0 Å². The summed E-state index contributed by atoms with van der Waals surface area (Å²) in [4.78, 5) is 22.4. The molecule has 0 radical (unpaired) electrons. The number of carbonyl (C=O) groups excluding carboxylic acids is 1. The Morgan fingerprint density at radius 2 is 2.27 bits per heavy atom. The zero-order valence-electron chi connectivity index (χ0n) is 6.00. The Morgan fingerprint density at radius 3 is 2.45 bits per heavy atom. The smallest absolute Gasteiger partial charge is 0.335 e. The van der Waals surface area contributed by atoms with E-state index < -0.39 is 5.97 Å². The summed E-state index contributed by atoms with van der Waals surface area (Å²) in [5.74, 6) is -1.36. The lowest BCUT2D eigenvalue weighted by molar-refractivity contribution is -0.133. The van der Waals surface area contributed by atoms with E-state index in [1.54, 1.807) is 0 Å². The molecule has 1 rings (SSSR count). The predicted molar refractivity (Wildman–Crippen MR) is 36.2 cm³/mol. The van der Waals surface area contributed by atoms with Crippen LogP contribution in [-0.4, -0.2) is 28.9 Å². The van der Waals surface area contributed by atoms with Gasteiger partial charge in [0.1, 0.15) is 5.82 Å². The highest BCUT2D eigenvalue weighted by Crippen LogP contribution is 2.18. The Kier molecular flexibility index (Phi) is 1.56. The molecule has 0 saturated heterocycles. The molecule has 0 aromatic rings. The third-order valence-electron chi connectivity index (χ3n) is 1.63. The first-order valence-electron chi connectivity index (χ1n) is 3.02. The van der Waals surface area contributed by atoms with E-state index in [9.17, 15) is 9.59 Å². The molecule has 1 aliphatic rings. The number of aliphatic carboxylic acids is 1. The molecule has 5 nitrogen and oxygen atoms in total. The molecule has 0 aromatic carbocycles. The van der Waals surface area contributed by atoms with Gasteiger partial charge in [-0.2, -0.15) is 0 Å². The fraction of sp³-hybridized carbons (Fsp3) is 0.333. The molecule has 0 aliphatic carbocycles. The van der Waals surface area contributed by atoms with Crippen LogP contribution in [0.2, 0.25) is 0 Å². The maximum atomic E-state index is 10.8. The summed E-state index contributed by atoms with van der Waals surface area (Å²) in [6.07, 6.45) is -0.0995. The molecule has 1 aliphatic heterocycles. The number of carboxylic acid groups (broad SMARTS) is 1. The number of nitrogens with two attached hydrogens (primary N) is 1. The Balaban J connectivity index is 2.98. The summed E-state index contributed by atoms with van der Waals surface area (Å²) >= 11 is 0. The van der Waals surface area contributed by atoms with Gasteiger partial charge in [-0.25, -0.2) is 4.79 Å². The van der Waals surface area contributed by atoms with Crippen molar-refractivity contribution < 1.29 is 14.7 Å². The average Bonchev–Trinajstić information content (AvgIpc) is 2.17. The molecule has 11 heavy (non-hydrogen) atoms. The zero-order valence-corrected chi connectivity index (χ0v) is 6.00. The second-order valence-corrected chi connectivity index (χ2v) is 2.30. The molecule has 60 valence electrons.